The number of rotatable bonds is 6. The van der Waals surface area contributed by atoms with Crippen LogP contribution in [0.1, 0.15) is 10.4 Å². The molecule has 2 rings (SSSR count). The molecule has 0 aliphatic heterocycles. The number of benzene rings is 1. The van der Waals surface area contributed by atoms with Gasteiger partial charge in [0.15, 0.2) is 16.6 Å². The van der Waals surface area contributed by atoms with E-state index in [9.17, 15) is 9.59 Å². The molecule has 1 aromatic carbocycles. The molecule has 0 atom stereocenters. The minimum atomic E-state index is -0.435. The lowest BCUT2D eigenvalue weighted by Gasteiger charge is -2.09. The number of methoxy groups -OCH3 is 2. The standard InChI is InChI=1S/C18H19N3O4S2/c1-24-14-7-5-12(10-15(14)25-2)6-8-16(22)19-18(26)21-20-17(23)11-13-4-3-9-27-13/h3-10H,11H2,1-2H3,(H,20,23)(H2,19,21,22,26). The third-order valence-electron chi connectivity index (χ3n) is 3.30. The Bertz CT molecular complexity index is 835. The summed E-state index contributed by atoms with van der Waals surface area (Å²) in [4.78, 5) is 24.6. The van der Waals surface area contributed by atoms with Crippen molar-refractivity contribution in [2.75, 3.05) is 14.2 Å². The normalized spacial score (nSPS) is 10.3. The molecule has 0 aliphatic rings. The molecule has 27 heavy (non-hydrogen) atoms. The number of carbonyl (C=O) groups is 2. The van der Waals surface area contributed by atoms with Crippen LogP contribution in [0.5, 0.6) is 11.5 Å². The van der Waals surface area contributed by atoms with Gasteiger partial charge in [0.05, 0.1) is 20.6 Å². The van der Waals surface area contributed by atoms with Crippen molar-refractivity contribution in [3.8, 4) is 11.5 Å². The summed E-state index contributed by atoms with van der Waals surface area (Å²) in [6.07, 6.45) is 3.17. The number of thiophene rings is 1. The average Bonchev–Trinajstić information content (AvgIpc) is 3.17. The SMILES string of the molecule is COc1ccc(C=CC(=O)NC(=S)NNC(=O)Cc2cccs2)cc1OC. The number of hydrogen-bond acceptors (Lipinski definition) is 6. The molecule has 1 heterocycles. The van der Waals surface area contributed by atoms with E-state index in [1.54, 1.807) is 31.4 Å². The first kappa shape index (κ1) is 20.4. The smallest absolute Gasteiger partial charge is 0.250 e. The van der Waals surface area contributed by atoms with Crippen molar-refractivity contribution < 1.29 is 19.1 Å². The Balaban J connectivity index is 1.79. The van der Waals surface area contributed by atoms with Gasteiger partial charge in [-0.1, -0.05) is 12.1 Å². The summed E-state index contributed by atoms with van der Waals surface area (Å²) in [6, 6.07) is 9.00. The molecule has 0 aliphatic carbocycles. The number of hydrazine groups is 1. The molecule has 2 amide bonds. The first-order valence-electron chi connectivity index (χ1n) is 7.84. The minimum absolute atomic E-state index is 0.00325. The van der Waals surface area contributed by atoms with Crippen molar-refractivity contribution in [1.82, 2.24) is 16.2 Å². The number of hydrogen-bond donors (Lipinski definition) is 3. The minimum Gasteiger partial charge on any atom is -0.493 e. The van der Waals surface area contributed by atoms with Gasteiger partial charge in [-0.05, 0) is 47.4 Å². The molecular formula is C18H19N3O4S2. The Morgan fingerprint density at radius 3 is 2.59 bits per heavy atom. The van der Waals surface area contributed by atoms with Crippen LogP contribution in [0.25, 0.3) is 6.08 Å². The van der Waals surface area contributed by atoms with Crippen molar-refractivity contribution in [1.29, 1.82) is 0 Å². The van der Waals surface area contributed by atoms with Gasteiger partial charge in [0.25, 0.3) is 0 Å². The summed E-state index contributed by atoms with van der Waals surface area (Å²) < 4.78 is 10.4. The summed E-state index contributed by atoms with van der Waals surface area (Å²) in [5, 5.41) is 4.33. The highest BCUT2D eigenvalue weighted by Crippen LogP contribution is 2.27. The maximum atomic E-state index is 11.9. The lowest BCUT2D eigenvalue weighted by molar-refractivity contribution is -0.121. The van der Waals surface area contributed by atoms with Crippen LogP contribution < -0.4 is 25.6 Å². The highest BCUT2D eigenvalue weighted by molar-refractivity contribution is 7.80. The lowest BCUT2D eigenvalue weighted by Crippen LogP contribution is -2.48. The van der Waals surface area contributed by atoms with Crippen molar-refractivity contribution in [2.45, 2.75) is 6.42 Å². The fourth-order valence-corrected chi connectivity index (χ4v) is 2.91. The van der Waals surface area contributed by atoms with Gasteiger partial charge in [-0.3, -0.25) is 25.8 Å². The molecule has 0 saturated carbocycles. The summed E-state index contributed by atoms with van der Waals surface area (Å²) in [5.41, 5.74) is 5.68. The van der Waals surface area contributed by atoms with E-state index in [2.05, 4.69) is 16.2 Å². The zero-order chi connectivity index (χ0) is 19.6. The second-order valence-corrected chi connectivity index (χ2v) is 6.64. The van der Waals surface area contributed by atoms with E-state index in [4.69, 9.17) is 21.7 Å². The topological polar surface area (TPSA) is 88.7 Å². The van der Waals surface area contributed by atoms with Crippen LogP contribution in [-0.4, -0.2) is 31.1 Å². The van der Waals surface area contributed by atoms with Crippen molar-refractivity contribution in [3.63, 3.8) is 0 Å². The second-order valence-electron chi connectivity index (χ2n) is 5.20. The van der Waals surface area contributed by atoms with E-state index in [0.717, 1.165) is 10.4 Å². The van der Waals surface area contributed by atoms with Crippen LogP contribution in [0.3, 0.4) is 0 Å². The van der Waals surface area contributed by atoms with Gasteiger partial charge in [0, 0.05) is 11.0 Å². The predicted molar refractivity (Wildman–Crippen MR) is 109 cm³/mol. The maximum Gasteiger partial charge on any atom is 0.250 e. The molecule has 0 fully saturated rings. The summed E-state index contributed by atoms with van der Waals surface area (Å²) in [6.45, 7) is 0. The first-order chi connectivity index (χ1) is 13.0. The van der Waals surface area contributed by atoms with Gasteiger partial charge in [-0.25, -0.2) is 0 Å². The maximum absolute atomic E-state index is 11.9. The Kier molecular flexibility index (Phi) is 7.78. The second kappa shape index (κ2) is 10.3. The molecule has 0 bridgehead atoms. The monoisotopic (exact) mass is 405 g/mol. The van der Waals surface area contributed by atoms with Crippen LogP contribution in [0.4, 0.5) is 0 Å². The van der Waals surface area contributed by atoms with E-state index in [1.807, 2.05) is 17.5 Å². The van der Waals surface area contributed by atoms with Crippen LogP contribution >= 0.6 is 23.6 Å². The zero-order valence-corrected chi connectivity index (χ0v) is 16.4. The fourth-order valence-electron chi connectivity index (χ4n) is 2.06. The molecule has 142 valence electrons. The van der Waals surface area contributed by atoms with Gasteiger partial charge >= 0.3 is 0 Å². The van der Waals surface area contributed by atoms with Crippen molar-refractivity contribution in [2.24, 2.45) is 0 Å². The predicted octanol–water partition coefficient (Wildman–Crippen LogP) is 2.04. The van der Waals surface area contributed by atoms with E-state index >= 15 is 0 Å². The molecule has 0 radical (unpaired) electrons. The number of ether oxygens (including phenoxy) is 2. The molecule has 2 aromatic rings. The van der Waals surface area contributed by atoms with E-state index in [0.29, 0.717) is 11.5 Å². The Hall–Kier alpha value is -2.91. The number of carbonyl (C=O) groups excluding carboxylic acids is 2. The number of amides is 2. The molecule has 0 unspecified atom stereocenters. The van der Waals surface area contributed by atoms with Gasteiger partial charge in [0.1, 0.15) is 0 Å². The quantitative estimate of drug-likeness (QED) is 0.387. The average molecular weight is 406 g/mol. The summed E-state index contributed by atoms with van der Waals surface area (Å²) in [5.74, 6) is 0.471. The Morgan fingerprint density at radius 1 is 1.15 bits per heavy atom. The fraction of sp³-hybridized carbons (Fsp3) is 0.167. The van der Waals surface area contributed by atoms with Gasteiger partial charge in [-0.2, -0.15) is 0 Å². The van der Waals surface area contributed by atoms with Gasteiger partial charge in [-0.15, -0.1) is 11.3 Å². The zero-order valence-electron chi connectivity index (χ0n) is 14.8. The van der Waals surface area contributed by atoms with E-state index in [-0.39, 0.29) is 17.4 Å². The van der Waals surface area contributed by atoms with E-state index < -0.39 is 5.91 Å². The number of thiocarbonyl (C=S) groups is 1. The molecule has 9 heteroatoms. The van der Waals surface area contributed by atoms with Gasteiger partial charge in [0.2, 0.25) is 11.8 Å². The van der Waals surface area contributed by atoms with Crippen LogP contribution in [0.15, 0.2) is 41.8 Å². The van der Waals surface area contributed by atoms with Crippen LogP contribution in [0, 0.1) is 0 Å². The molecule has 0 spiro atoms. The first-order valence-corrected chi connectivity index (χ1v) is 9.13. The highest BCUT2D eigenvalue weighted by Gasteiger charge is 2.06. The molecule has 0 saturated heterocycles. The Labute approximate surface area is 166 Å². The Morgan fingerprint density at radius 2 is 1.93 bits per heavy atom. The largest absolute Gasteiger partial charge is 0.493 e. The van der Waals surface area contributed by atoms with Crippen LogP contribution in [-0.2, 0) is 16.0 Å². The van der Waals surface area contributed by atoms with Crippen molar-refractivity contribution in [3.05, 3.63) is 52.2 Å². The number of nitrogens with one attached hydrogen (secondary N) is 3. The van der Waals surface area contributed by atoms with E-state index in [1.165, 1.54) is 24.5 Å². The van der Waals surface area contributed by atoms with Crippen LogP contribution in [0.2, 0.25) is 0 Å². The molecular weight excluding hydrogens is 386 g/mol. The molecule has 1 aromatic heterocycles. The molecule has 7 nitrogen and oxygen atoms in total. The lowest BCUT2D eigenvalue weighted by atomic mass is 10.2. The molecule has 3 N–H and O–H groups in total. The third kappa shape index (κ3) is 6.72. The highest BCUT2D eigenvalue weighted by atomic mass is 32.1. The summed E-state index contributed by atoms with van der Waals surface area (Å²) in [7, 11) is 3.09. The van der Waals surface area contributed by atoms with Gasteiger partial charge < -0.3 is 9.47 Å². The van der Waals surface area contributed by atoms with Crippen molar-refractivity contribution >= 4 is 46.6 Å². The third-order valence-corrected chi connectivity index (χ3v) is 4.38. The summed E-state index contributed by atoms with van der Waals surface area (Å²) >= 11 is 6.46.